The van der Waals surface area contributed by atoms with Gasteiger partial charge in [-0.25, -0.2) is 5.43 Å². The van der Waals surface area contributed by atoms with E-state index in [1.165, 1.54) is 42.6 Å². The maximum Gasteiger partial charge on any atom is 0.271 e. The summed E-state index contributed by atoms with van der Waals surface area (Å²) in [5, 5.41) is 17.3. The normalized spacial score (nSPS) is 10.5. The number of pyridine rings is 1. The smallest absolute Gasteiger partial charge is 0.271 e. The third-order valence-electron chi connectivity index (χ3n) is 3.79. The zero-order valence-corrected chi connectivity index (χ0v) is 15.0. The molecule has 0 bridgehead atoms. The zero-order chi connectivity index (χ0) is 20.6. The molecule has 0 saturated heterocycles. The number of amides is 2. The Balaban J connectivity index is 1.60. The van der Waals surface area contributed by atoms with Crippen molar-refractivity contribution >= 4 is 29.4 Å². The summed E-state index contributed by atoms with van der Waals surface area (Å²) in [6.45, 7) is 0. The molecule has 1 heterocycles. The number of nitro groups is 1. The first-order chi connectivity index (χ1) is 14.0. The van der Waals surface area contributed by atoms with Crippen molar-refractivity contribution in [2.24, 2.45) is 5.10 Å². The molecule has 144 valence electrons. The molecule has 2 amide bonds. The van der Waals surface area contributed by atoms with Gasteiger partial charge in [-0.3, -0.25) is 24.7 Å². The fourth-order valence-corrected chi connectivity index (χ4v) is 2.35. The lowest BCUT2D eigenvalue weighted by atomic mass is 10.1. The van der Waals surface area contributed by atoms with E-state index >= 15 is 0 Å². The second kappa shape index (κ2) is 9.00. The Morgan fingerprint density at radius 3 is 2.48 bits per heavy atom. The number of nitro benzene ring substituents is 1. The Hall–Kier alpha value is -4.40. The van der Waals surface area contributed by atoms with Gasteiger partial charge in [-0.15, -0.1) is 0 Å². The molecule has 0 aliphatic rings. The summed E-state index contributed by atoms with van der Waals surface area (Å²) >= 11 is 0. The Bertz CT molecular complexity index is 1070. The van der Waals surface area contributed by atoms with Crippen molar-refractivity contribution in [3.05, 3.63) is 99.9 Å². The number of rotatable bonds is 6. The lowest BCUT2D eigenvalue weighted by molar-refractivity contribution is -0.384. The number of nitrogens with one attached hydrogen (secondary N) is 2. The molecular formula is C20H15N5O4. The van der Waals surface area contributed by atoms with Crippen molar-refractivity contribution in [1.82, 2.24) is 10.4 Å². The summed E-state index contributed by atoms with van der Waals surface area (Å²) in [6, 6.07) is 15.1. The van der Waals surface area contributed by atoms with Gasteiger partial charge in [0, 0.05) is 46.9 Å². The highest BCUT2D eigenvalue weighted by molar-refractivity contribution is 6.05. The van der Waals surface area contributed by atoms with Gasteiger partial charge in [0.25, 0.3) is 17.5 Å². The Morgan fingerprint density at radius 1 is 1.00 bits per heavy atom. The van der Waals surface area contributed by atoms with Gasteiger partial charge in [0.1, 0.15) is 0 Å². The van der Waals surface area contributed by atoms with Crippen LogP contribution in [0.25, 0.3) is 0 Å². The van der Waals surface area contributed by atoms with Crippen molar-refractivity contribution in [1.29, 1.82) is 0 Å². The molecule has 2 aromatic carbocycles. The van der Waals surface area contributed by atoms with Crippen LogP contribution >= 0.6 is 0 Å². The predicted octanol–water partition coefficient (Wildman–Crippen LogP) is 3.01. The standard InChI is InChI=1S/C20H15N5O4/c26-19(16-4-1-5-18(11-16)25(28)29)23-17-8-6-15(7-9-17)20(27)24-22-13-14-3-2-10-21-12-14/h1-13H,(H,23,26)(H,24,27)/b22-13-. The zero-order valence-electron chi connectivity index (χ0n) is 15.0. The van der Waals surface area contributed by atoms with Crippen LogP contribution in [0.3, 0.4) is 0 Å². The topological polar surface area (TPSA) is 127 Å². The van der Waals surface area contributed by atoms with Crippen LogP contribution in [0.2, 0.25) is 0 Å². The van der Waals surface area contributed by atoms with E-state index in [0.29, 0.717) is 11.3 Å². The fourth-order valence-electron chi connectivity index (χ4n) is 2.35. The van der Waals surface area contributed by atoms with E-state index in [9.17, 15) is 19.7 Å². The van der Waals surface area contributed by atoms with E-state index in [-0.39, 0.29) is 11.3 Å². The van der Waals surface area contributed by atoms with Crippen LogP contribution in [0.4, 0.5) is 11.4 Å². The number of benzene rings is 2. The highest BCUT2D eigenvalue weighted by Gasteiger charge is 2.12. The number of carbonyl (C=O) groups excluding carboxylic acids is 2. The first-order valence-electron chi connectivity index (χ1n) is 8.42. The van der Waals surface area contributed by atoms with Crippen molar-refractivity contribution in [3.63, 3.8) is 0 Å². The Morgan fingerprint density at radius 2 is 1.79 bits per heavy atom. The third kappa shape index (κ3) is 5.30. The maximum absolute atomic E-state index is 12.2. The van der Waals surface area contributed by atoms with Crippen LogP contribution < -0.4 is 10.7 Å². The molecule has 0 radical (unpaired) electrons. The molecule has 0 saturated carbocycles. The van der Waals surface area contributed by atoms with E-state index in [2.05, 4.69) is 20.8 Å². The van der Waals surface area contributed by atoms with Crippen LogP contribution in [0.5, 0.6) is 0 Å². The molecule has 1 aromatic heterocycles. The molecule has 0 atom stereocenters. The van der Waals surface area contributed by atoms with Gasteiger partial charge in [0.15, 0.2) is 0 Å². The summed E-state index contributed by atoms with van der Waals surface area (Å²) in [6.07, 6.45) is 4.71. The van der Waals surface area contributed by atoms with Crippen LogP contribution in [0.15, 0.2) is 78.2 Å². The molecule has 3 rings (SSSR count). The molecule has 29 heavy (non-hydrogen) atoms. The lowest BCUT2D eigenvalue weighted by Gasteiger charge is -2.06. The van der Waals surface area contributed by atoms with Crippen molar-refractivity contribution < 1.29 is 14.5 Å². The number of hydrogen-bond donors (Lipinski definition) is 2. The maximum atomic E-state index is 12.2. The number of aromatic nitrogens is 1. The number of nitrogens with zero attached hydrogens (tertiary/aromatic N) is 3. The van der Waals surface area contributed by atoms with Gasteiger partial charge >= 0.3 is 0 Å². The third-order valence-corrected chi connectivity index (χ3v) is 3.79. The number of non-ortho nitro benzene ring substituents is 1. The second-order valence-electron chi connectivity index (χ2n) is 5.82. The second-order valence-corrected chi connectivity index (χ2v) is 5.82. The van der Waals surface area contributed by atoms with Gasteiger partial charge < -0.3 is 5.32 Å². The molecule has 0 aliphatic heterocycles. The van der Waals surface area contributed by atoms with Gasteiger partial charge in [0.05, 0.1) is 11.1 Å². The highest BCUT2D eigenvalue weighted by Crippen LogP contribution is 2.16. The van der Waals surface area contributed by atoms with E-state index in [1.807, 2.05) is 0 Å². The minimum atomic E-state index is -0.568. The highest BCUT2D eigenvalue weighted by atomic mass is 16.6. The minimum absolute atomic E-state index is 0.158. The average Bonchev–Trinajstić information content (AvgIpc) is 2.75. The summed E-state index contributed by atoms with van der Waals surface area (Å²) < 4.78 is 0. The largest absolute Gasteiger partial charge is 0.322 e. The molecule has 9 heteroatoms. The first-order valence-corrected chi connectivity index (χ1v) is 8.42. The monoisotopic (exact) mass is 389 g/mol. The van der Waals surface area contributed by atoms with Gasteiger partial charge in [0.2, 0.25) is 0 Å². The molecule has 0 unspecified atom stereocenters. The summed E-state index contributed by atoms with van der Waals surface area (Å²) in [4.78, 5) is 38.5. The van der Waals surface area contributed by atoms with Crippen LogP contribution in [0, 0.1) is 10.1 Å². The summed E-state index contributed by atoms with van der Waals surface area (Å²) in [7, 11) is 0. The quantitative estimate of drug-likeness (QED) is 0.381. The van der Waals surface area contributed by atoms with Crippen LogP contribution in [-0.2, 0) is 0 Å². The Kier molecular flexibility index (Phi) is 6.01. The van der Waals surface area contributed by atoms with Crippen molar-refractivity contribution in [2.45, 2.75) is 0 Å². The van der Waals surface area contributed by atoms with Crippen molar-refractivity contribution in [2.75, 3.05) is 5.32 Å². The predicted molar refractivity (Wildman–Crippen MR) is 107 cm³/mol. The first kappa shape index (κ1) is 19.4. The fraction of sp³-hybridized carbons (Fsp3) is 0. The summed E-state index contributed by atoms with van der Waals surface area (Å²) in [5.41, 5.74) is 3.92. The van der Waals surface area contributed by atoms with E-state index in [0.717, 1.165) is 5.56 Å². The average molecular weight is 389 g/mol. The SMILES string of the molecule is O=C(N/N=C\c1cccnc1)c1ccc(NC(=O)c2cccc([N+](=O)[O-])c2)cc1. The van der Waals surface area contributed by atoms with E-state index in [4.69, 9.17) is 0 Å². The number of carbonyl (C=O) groups is 2. The van der Waals surface area contributed by atoms with Gasteiger partial charge in [-0.2, -0.15) is 5.10 Å². The van der Waals surface area contributed by atoms with Crippen LogP contribution in [0.1, 0.15) is 26.3 Å². The summed E-state index contributed by atoms with van der Waals surface area (Å²) in [5.74, 6) is -0.909. The van der Waals surface area contributed by atoms with Crippen molar-refractivity contribution in [3.8, 4) is 0 Å². The Labute approximate surface area is 165 Å². The minimum Gasteiger partial charge on any atom is -0.322 e. The van der Waals surface area contributed by atoms with E-state index in [1.54, 1.807) is 36.7 Å². The molecule has 0 aliphatic carbocycles. The van der Waals surface area contributed by atoms with Gasteiger partial charge in [-0.05, 0) is 36.4 Å². The molecule has 0 spiro atoms. The van der Waals surface area contributed by atoms with E-state index < -0.39 is 16.7 Å². The number of hydrogen-bond acceptors (Lipinski definition) is 6. The number of anilines is 1. The number of hydrazone groups is 1. The molecule has 0 fully saturated rings. The molecule has 2 N–H and O–H groups in total. The molecular weight excluding hydrogens is 374 g/mol. The van der Waals surface area contributed by atoms with Gasteiger partial charge in [-0.1, -0.05) is 12.1 Å². The lowest BCUT2D eigenvalue weighted by Crippen LogP contribution is -2.18. The molecule has 3 aromatic rings. The molecule has 9 nitrogen and oxygen atoms in total. The van der Waals surface area contributed by atoms with Crippen LogP contribution in [-0.4, -0.2) is 27.9 Å².